The molecule has 0 fully saturated rings. The van der Waals surface area contributed by atoms with Crippen LogP contribution in [0, 0.1) is 11.2 Å². The molecular formula is C12H18FNO2. The number of methoxy groups -OCH3 is 1. The average Bonchev–Trinajstić information content (AvgIpc) is 2.28. The van der Waals surface area contributed by atoms with Crippen molar-refractivity contribution >= 4 is 0 Å². The second kappa shape index (κ2) is 4.80. The molecule has 1 rings (SSSR count). The van der Waals surface area contributed by atoms with Crippen LogP contribution in [-0.4, -0.2) is 18.8 Å². The van der Waals surface area contributed by atoms with E-state index in [1.807, 2.05) is 0 Å². The van der Waals surface area contributed by atoms with E-state index >= 15 is 0 Å². The van der Waals surface area contributed by atoms with Gasteiger partial charge < -0.3 is 15.6 Å². The molecule has 3 N–H and O–H groups in total. The number of rotatable bonds is 4. The molecule has 0 aliphatic heterocycles. The topological polar surface area (TPSA) is 55.5 Å². The van der Waals surface area contributed by atoms with Gasteiger partial charge in [0.15, 0.2) is 11.6 Å². The molecule has 0 unspecified atom stereocenters. The standard InChI is InChI=1S/C12H18FNO2/c1-12(2,7-15)11(14)8-5-4-6-9(16-3)10(8)13/h4-6,11,15H,7,14H2,1-3H3/t11-/m1/s1. The maximum absolute atomic E-state index is 13.9. The Labute approximate surface area is 95.0 Å². The van der Waals surface area contributed by atoms with Gasteiger partial charge >= 0.3 is 0 Å². The first kappa shape index (κ1) is 12.9. The molecule has 0 heterocycles. The number of hydrogen-bond acceptors (Lipinski definition) is 3. The first-order chi connectivity index (χ1) is 7.44. The van der Waals surface area contributed by atoms with E-state index in [9.17, 15) is 9.50 Å². The molecule has 0 aliphatic rings. The van der Waals surface area contributed by atoms with Gasteiger partial charge in [-0.2, -0.15) is 0 Å². The van der Waals surface area contributed by atoms with E-state index in [2.05, 4.69) is 0 Å². The van der Waals surface area contributed by atoms with Gasteiger partial charge in [-0.15, -0.1) is 0 Å². The van der Waals surface area contributed by atoms with Gasteiger partial charge in [0.2, 0.25) is 0 Å². The van der Waals surface area contributed by atoms with E-state index in [1.54, 1.807) is 26.0 Å². The normalized spacial score (nSPS) is 13.6. The Morgan fingerprint density at radius 2 is 2.12 bits per heavy atom. The zero-order chi connectivity index (χ0) is 12.3. The Hall–Kier alpha value is -1.13. The van der Waals surface area contributed by atoms with Crippen LogP contribution in [0.1, 0.15) is 25.5 Å². The Morgan fingerprint density at radius 1 is 1.50 bits per heavy atom. The summed E-state index contributed by atoms with van der Waals surface area (Å²) in [6, 6.07) is 4.26. The summed E-state index contributed by atoms with van der Waals surface area (Å²) >= 11 is 0. The third-order valence-corrected chi connectivity index (χ3v) is 2.80. The van der Waals surface area contributed by atoms with Crippen molar-refractivity contribution in [2.75, 3.05) is 13.7 Å². The molecule has 0 radical (unpaired) electrons. The van der Waals surface area contributed by atoms with Crippen LogP contribution in [-0.2, 0) is 0 Å². The van der Waals surface area contributed by atoms with Crippen LogP contribution in [0.5, 0.6) is 5.75 Å². The van der Waals surface area contributed by atoms with Gasteiger partial charge in [-0.3, -0.25) is 0 Å². The van der Waals surface area contributed by atoms with Crippen LogP contribution in [0.15, 0.2) is 18.2 Å². The zero-order valence-corrected chi connectivity index (χ0v) is 9.83. The van der Waals surface area contributed by atoms with Crippen molar-refractivity contribution in [3.05, 3.63) is 29.6 Å². The quantitative estimate of drug-likeness (QED) is 0.825. The Kier molecular flexibility index (Phi) is 3.88. The molecule has 0 saturated carbocycles. The Balaban J connectivity index is 3.14. The van der Waals surface area contributed by atoms with Crippen LogP contribution in [0.2, 0.25) is 0 Å². The number of halogens is 1. The predicted molar refractivity (Wildman–Crippen MR) is 60.7 cm³/mol. The third kappa shape index (κ3) is 2.33. The summed E-state index contributed by atoms with van der Waals surface area (Å²) in [4.78, 5) is 0. The van der Waals surface area contributed by atoms with Crippen molar-refractivity contribution in [1.29, 1.82) is 0 Å². The lowest BCUT2D eigenvalue weighted by atomic mass is 9.81. The van der Waals surface area contributed by atoms with E-state index < -0.39 is 17.3 Å². The van der Waals surface area contributed by atoms with E-state index in [0.29, 0.717) is 5.56 Å². The van der Waals surface area contributed by atoms with E-state index in [-0.39, 0.29) is 12.4 Å². The minimum absolute atomic E-state index is 0.106. The van der Waals surface area contributed by atoms with Gasteiger partial charge in [-0.05, 0) is 6.07 Å². The summed E-state index contributed by atoms with van der Waals surface area (Å²) < 4.78 is 18.8. The van der Waals surface area contributed by atoms with Gasteiger partial charge in [0.25, 0.3) is 0 Å². The molecule has 4 heteroatoms. The lowest BCUT2D eigenvalue weighted by Gasteiger charge is -2.30. The molecule has 1 atom stereocenters. The minimum Gasteiger partial charge on any atom is -0.494 e. The molecule has 16 heavy (non-hydrogen) atoms. The number of aliphatic hydroxyl groups excluding tert-OH is 1. The van der Waals surface area contributed by atoms with Crippen LogP contribution in [0.3, 0.4) is 0 Å². The molecule has 90 valence electrons. The molecule has 0 amide bonds. The Bertz CT molecular complexity index is 366. The highest BCUT2D eigenvalue weighted by Crippen LogP contribution is 2.34. The van der Waals surface area contributed by atoms with Crippen LogP contribution in [0.25, 0.3) is 0 Å². The predicted octanol–water partition coefficient (Wildman–Crippen LogP) is 1.85. The van der Waals surface area contributed by atoms with Crippen molar-refractivity contribution in [3.8, 4) is 5.75 Å². The van der Waals surface area contributed by atoms with Crippen molar-refractivity contribution < 1.29 is 14.2 Å². The fourth-order valence-electron chi connectivity index (χ4n) is 1.44. The summed E-state index contributed by atoms with van der Waals surface area (Å²) in [6.07, 6.45) is 0. The summed E-state index contributed by atoms with van der Waals surface area (Å²) in [5, 5.41) is 9.21. The number of benzene rings is 1. The van der Waals surface area contributed by atoms with Gasteiger partial charge in [0.1, 0.15) is 0 Å². The molecule has 1 aromatic rings. The molecule has 0 spiro atoms. The number of hydrogen-bond donors (Lipinski definition) is 2. The summed E-state index contributed by atoms with van der Waals surface area (Å²) in [6.45, 7) is 3.47. The van der Waals surface area contributed by atoms with Crippen LogP contribution >= 0.6 is 0 Å². The van der Waals surface area contributed by atoms with Gasteiger partial charge in [-0.25, -0.2) is 4.39 Å². The van der Waals surface area contributed by atoms with Crippen molar-refractivity contribution in [3.63, 3.8) is 0 Å². The Morgan fingerprint density at radius 3 is 2.62 bits per heavy atom. The van der Waals surface area contributed by atoms with Gasteiger partial charge in [0.05, 0.1) is 7.11 Å². The second-order valence-corrected chi connectivity index (χ2v) is 4.49. The second-order valence-electron chi connectivity index (χ2n) is 4.49. The molecular weight excluding hydrogens is 209 g/mol. The smallest absolute Gasteiger partial charge is 0.169 e. The molecule has 1 aromatic carbocycles. The summed E-state index contributed by atoms with van der Waals surface area (Å²) in [7, 11) is 1.41. The minimum atomic E-state index is -0.576. The number of nitrogens with two attached hydrogens (primary N) is 1. The van der Waals surface area contributed by atoms with E-state index in [0.717, 1.165) is 0 Å². The van der Waals surface area contributed by atoms with Gasteiger partial charge in [0, 0.05) is 23.6 Å². The highest BCUT2D eigenvalue weighted by atomic mass is 19.1. The number of aliphatic hydroxyl groups is 1. The summed E-state index contributed by atoms with van der Waals surface area (Å²) in [5.41, 5.74) is 5.74. The maximum Gasteiger partial charge on any atom is 0.169 e. The molecule has 0 aromatic heterocycles. The fourth-order valence-corrected chi connectivity index (χ4v) is 1.44. The highest BCUT2D eigenvalue weighted by molar-refractivity contribution is 5.33. The molecule has 3 nitrogen and oxygen atoms in total. The maximum atomic E-state index is 13.9. The first-order valence-corrected chi connectivity index (χ1v) is 5.13. The van der Waals surface area contributed by atoms with Crippen LogP contribution < -0.4 is 10.5 Å². The zero-order valence-electron chi connectivity index (χ0n) is 9.83. The van der Waals surface area contributed by atoms with Crippen molar-refractivity contribution in [2.24, 2.45) is 11.1 Å². The molecule has 0 bridgehead atoms. The average molecular weight is 227 g/mol. The third-order valence-electron chi connectivity index (χ3n) is 2.80. The van der Waals surface area contributed by atoms with Gasteiger partial charge in [-0.1, -0.05) is 26.0 Å². The largest absolute Gasteiger partial charge is 0.494 e. The van der Waals surface area contributed by atoms with Crippen LogP contribution in [0.4, 0.5) is 4.39 Å². The first-order valence-electron chi connectivity index (χ1n) is 5.13. The van der Waals surface area contributed by atoms with E-state index in [1.165, 1.54) is 13.2 Å². The fraction of sp³-hybridized carbons (Fsp3) is 0.500. The number of ether oxygens (including phenoxy) is 1. The molecule has 0 aliphatic carbocycles. The lowest BCUT2D eigenvalue weighted by Crippen LogP contribution is -2.33. The summed E-state index contributed by atoms with van der Waals surface area (Å²) in [5.74, 6) is -0.291. The monoisotopic (exact) mass is 227 g/mol. The highest BCUT2D eigenvalue weighted by Gasteiger charge is 2.29. The van der Waals surface area contributed by atoms with E-state index in [4.69, 9.17) is 10.5 Å². The SMILES string of the molecule is COc1cccc([C@@H](N)C(C)(C)CO)c1F. The molecule has 0 saturated heterocycles. The van der Waals surface area contributed by atoms with Crippen molar-refractivity contribution in [1.82, 2.24) is 0 Å². The lowest BCUT2D eigenvalue weighted by molar-refractivity contribution is 0.130. The van der Waals surface area contributed by atoms with Crippen molar-refractivity contribution in [2.45, 2.75) is 19.9 Å².